The van der Waals surface area contributed by atoms with Crippen LogP contribution in [0.4, 0.5) is 0 Å². The van der Waals surface area contributed by atoms with Gasteiger partial charge in [0.2, 0.25) is 10.0 Å². The third-order valence-corrected chi connectivity index (χ3v) is 4.38. The van der Waals surface area contributed by atoms with Gasteiger partial charge in [-0.2, -0.15) is 0 Å². The second-order valence-electron chi connectivity index (χ2n) is 4.28. The molecule has 0 spiro atoms. The van der Waals surface area contributed by atoms with E-state index in [1.54, 1.807) is 0 Å². The minimum atomic E-state index is -3.12. The van der Waals surface area contributed by atoms with E-state index in [4.69, 9.17) is 0 Å². The van der Waals surface area contributed by atoms with Gasteiger partial charge >= 0.3 is 0 Å². The van der Waals surface area contributed by atoms with Gasteiger partial charge in [0.25, 0.3) is 0 Å². The number of rotatable bonds is 6. The number of unbranched alkanes of at least 4 members (excludes halogenated alkanes) is 1. The Morgan fingerprint density at radius 1 is 1.40 bits per heavy atom. The third-order valence-electron chi connectivity index (χ3n) is 2.95. The fraction of sp³-hybridized carbons (Fsp3) is 1.00. The lowest BCUT2D eigenvalue weighted by Crippen LogP contribution is -2.33. The molecule has 1 saturated carbocycles. The molecule has 4 nitrogen and oxygen atoms in total. The summed E-state index contributed by atoms with van der Waals surface area (Å²) in [5.41, 5.74) is 0. The molecule has 5 heteroatoms. The number of aliphatic hydroxyl groups excluding tert-OH is 1. The normalized spacial score (nSPS) is 27.1. The molecule has 0 heterocycles. The lowest BCUT2D eigenvalue weighted by atomic mass is 10.1. The Labute approximate surface area is 92.1 Å². The topological polar surface area (TPSA) is 66.4 Å². The van der Waals surface area contributed by atoms with Gasteiger partial charge in [-0.1, -0.05) is 19.8 Å². The van der Waals surface area contributed by atoms with Gasteiger partial charge in [0, 0.05) is 6.54 Å². The number of hydrogen-bond donors (Lipinski definition) is 2. The van der Waals surface area contributed by atoms with Crippen LogP contribution in [-0.4, -0.2) is 31.9 Å². The van der Waals surface area contributed by atoms with Gasteiger partial charge in [-0.05, 0) is 25.2 Å². The second-order valence-corrected chi connectivity index (χ2v) is 6.21. The Balaban J connectivity index is 2.29. The van der Waals surface area contributed by atoms with E-state index in [1.807, 2.05) is 6.92 Å². The molecule has 1 aliphatic rings. The van der Waals surface area contributed by atoms with Crippen LogP contribution >= 0.6 is 0 Å². The predicted octanol–water partition coefficient (Wildman–Crippen LogP) is 0.867. The monoisotopic (exact) mass is 235 g/mol. The summed E-state index contributed by atoms with van der Waals surface area (Å²) in [4.78, 5) is 0. The lowest BCUT2D eigenvalue weighted by Gasteiger charge is -2.15. The molecule has 0 aromatic rings. The highest BCUT2D eigenvalue weighted by atomic mass is 32.2. The van der Waals surface area contributed by atoms with Crippen molar-refractivity contribution in [2.24, 2.45) is 5.92 Å². The fourth-order valence-electron chi connectivity index (χ4n) is 1.90. The summed E-state index contributed by atoms with van der Waals surface area (Å²) in [6.07, 6.45) is 4.00. The molecule has 2 unspecified atom stereocenters. The van der Waals surface area contributed by atoms with Crippen molar-refractivity contribution < 1.29 is 13.5 Å². The highest BCUT2D eigenvalue weighted by molar-refractivity contribution is 7.89. The van der Waals surface area contributed by atoms with Gasteiger partial charge in [0.1, 0.15) is 0 Å². The van der Waals surface area contributed by atoms with Crippen molar-refractivity contribution in [3.63, 3.8) is 0 Å². The van der Waals surface area contributed by atoms with Crippen molar-refractivity contribution in [3.8, 4) is 0 Å². The summed E-state index contributed by atoms with van der Waals surface area (Å²) in [5.74, 6) is 0.313. The van der Waals surface area contributed by atoms with Crippen molar-refractivity contribution in [1.29, 1.82) is 0 Å². The van der Waals surface area contributed by atoms with Crippen LogP contribution in [-0.2, 0) is 10.0 Å². The molecule has 2 atom stereocenters. The van der Waals surface area contributed by atoms with Gasteiger partial charge in [0.05, 0.1) is 11.9 Å². The van der Waals surface area contributed by atoms with Gasteiger partial charge in [-0.15, -0.1) is 0 Å². The molecule has 0 aromatic heterocycles. The summed E-state index contributed by atoms with van der Waals surface area (Å²) in [6.45, 7) is 2.36. The average Bonchev–Trinajstić information content (AvgIpc) is 2.58. The van der Waals surface area contributed by atoms with Crippen LogP contribution in [0.25, 0.3) is 0 Å². The maximum Gasteiger partial charge on any atom is 0.211 e. The minimum Gasteiger partial charge on any atom is -0.393 e. The molecule has 0 aliphatic heterocycles. The average molecular weight is 235 g/mol. The Kier molecular flexibility index (Phi) is 5.02. The highest BCUT2D eigenvalue weighted by Crippen LogP contribution is 2.24. The molecule has 0 saturated heterocycles. The van der Waals surface area contributed by atoms with Crippen LogP contribution in [0.3, 0.4) is 0 Å². The first-order valence-electron chi connectivity index (χ1n) is 5.70. The Morgan fingerprint density at radius 3 is 2.67 bits per heavy atom. The third kappa shape index (κ3) is 4.49. The predicted molar refractivity (Wildman–Crippen MR) is 60.0 cm³/mol. The second kappa shape index (κ2) is 5.82. The molecular formula is C10H21NO3S. The molecular weight excluding hydrogens is 214 g/mol. The summed E-state index contributed by atoms with van der Waals surface area (Å²) >= 11 is 0. The van der Waals surface area contributed by atoms with E-state index in [9.17, 15) is 13.5 Å². The Hall–Kier alpha value is -0.130. The molecule has 1 rings (SSSR count). The van der Waals surface area contributed by atoms with E-state index in [1.165, 1.54) is 0 Å². The maximum absolute atomic E-state index is 11.5. The standard InChI is InChI=1S/C10H21NO3S/c1-2-3-7-15(13,14)11-8-9-5-4-6-10(9)12/h9-12H,2-8H2,1H3. The number of sulfonamides is 1. The van der Waals surface area contributed by atoms with Gasteiger partial charge in [-0.25, -0.2) is 13.1 Å². The van der Waals surface area contributed by atoms with Crippen molar-refractivity contribution in [2.45, 2.75) is 45.1 Å². The number of hydrogen-bond acceptors (Lipinski definition) is 3. The smallest absolute Gasteiger partial charge is 0.211 e. The van der Waals surface area contributed by atoms with Crippen LogP contribution < -0.4 is 4.72 Å². The van der Waals surface area contributed by atoms with E-state index in [0.717, 1.165) is 25.7 Å². The van der Waals surface area contributed by atoms with Gasteiger partial charge in [-0.3, -0.25) is 0 Å². The molecule has 2 N–H and O–H groups in total. The summed E-state index contributed by atoms with van der Waals surface area (Å²) in [7, 11) is -3.12. The largest absolute Gasteiger partial charge is 0.393 e. The first kappa shape index (κ1) is 12.9. The Morgan fingerprint density at radius 2 is 2.13 bits per heavy atom. The quantitative estimate of drug-likeness (QED) is 0.718. The van der Waals surface area contributed by atoms with Crippen LogP contribution in [0, 0.1) is 5.92 Å². The first-order chi connectivity index (χ1) is 7.05. The van der Waals surface area contributed by atoms with Crippen LogP contribution in [0.2, 0.25) is 0 Å². The number of nitrogens with one attached hydrogen (secondary N) is 1. The van der Waals surface area contributed by atoms with E-state index in [0.29, 0.717) is 13.0 Å². The van der Waals surface area contributed by atoms with Crippen molar-refractivity contribution in [3.05, 3.63) is 0 Å². The maximum atomic E-state index is 11.5. The van der Waals surface area contributed by atoms with Crippen molar-refractivity contribution in [2.75, 3.05) is 12.3 Å². The van der Waals surface area contributed by atoms with E-state index in [2.05, 4.69) is 4.72 Å². The summed E-state index contributed by atoms with van der Waals surface area (Å²) < 4.78 is 25.5. The van der Waals surface area contributed by atoms with Gasteiger partial charge < -0.3 is 5.11 Å². The van der Waals surface area contributed by atoms with Gasteiger partial charge in [0.15, 0.2) is 0 Å². The molecule has 0 bridgehead atoms. The molecule has 0 radical (unpaired) electrons. The SMILES string of the molecule is CCCCS(=O)(=O)NCC1CCCC1O. The molecule has 90 valence electrons. The van der Waals surface area contributed by atoms with Crippen LogP contribution in [0.1, 0.15) is 39.0 Å². The first-order valence-corrected chi connectivity index (χ1v) is 7.36. The van der Waals surface area contributed by atoms with Crippen molar-refractivity contribution >= 4 is 10.0 Å². The molecule has 0 amide bonds. The summed E-state index contributed by atoms with van der Waals surface area (Å²) in [5, 5.41) is 9.53. The highest BCUT2D eigenvalue weighted by Gasteiger charge is 2.26. The van der Waals surface area contributed by atoms with Crippen molar-refractivity contribution in [1.82, 2.24) is 4.72 Å². The van der Waals surface area contributed by atoms with E-state index >= 15 is 0 Å². The molecule has 15 heavy (non-hydrogen) atoms. The summed E-state index contributed by atoms with van der Waals surface area (Å²) in [6, 6.07) is 0. The zero-order valence-electron chi connectivity index (χ0n) is 9.28. The molecule has 1 fully saturated rings. The minimum absolute atomic E-state index is 0.112. The van der Waals surface area contributed by atoms with E-state index < -0.39 is 10.0 Å². The molecule has 1 aliphatic carbocycles. The zero-order chi connectivity index (χ0) is 11.3. The fourth-order valence-corrected chi connectivity index (χ4v) is 3.18. The molecule has 0 aromatic carbocycles. The zero-order valence-corrected chi connectivity index (χ0v) is 10.1. The van der Waals surface area contributed by atoms with Crippen LogP contribution in [0.15, 0.2) is 0 Å². The lowest BCUT2D eigenvalue weighted by molar-refractivity contribution is 0.134. The van der Waals surface area contributed by atoms with Crippen LogP contribution in [0.5, 0.6) is 0 Å². The van der Waals surface area contributed by atoms with E-state index in [-0.39, 0.29) is 17.8 Å². The Bertz CT molecular complexity index is 276. The number of aliphatic hydroxyl groups is 1.